The van der Waals surface area contributed by atoms with E-state index in [9.17, 15) is 0 Å². The molecule has 0 saturated carbocycles. The van der Waals surface area contributed by atoms with Gasteiger partial charge in [0.05, 0.1) is 5.41 Å². The van der Waals surface area contributed by atoms with E-state index < -0.39 is 0 Å². The van der Waals surface area contributed by atoms with Crippen LogP contribution in [-0.2, 0) is 5.41 Å². The van der Waals surface area contributed by atoms with Crippen molar-refractivity contribution in [2.24, 2.45) is 0 Å². The summed E-state index contributed by atoms with van der Waals surface area (Å²) >= 11 is 0. The highest BCUT2D eigenvalue weighted by Gasteiger charge is 2.51. The van der Waals surface area contributed by atoms with Crippen molar-refractivity contribution < 1.29 is 0 Å². The normalized spacial score (nSPS) is 23.4. The lowest BCUT2D eigenvalue weighted by molar-refractivity contribution is 0.617. The molecule has 0 aromatic heterocycles. The summed E-state index contributed by atoms with van der Waals surface area (Å²) < 4.78 is 0. The van der Waals surface area contributed by atoms with Crippen molar-refractivity contribution in [1.29, 1.82) is 0 Å². The Morgan fingerprint density at radius 1 is 0.708 bits per heavy atom. The maximum absolute atomic E-state index is 2.33. The highest BCUT2D eigenvalue weighted by molar-refractivity contribution is 5.75. The Balaban J connectivity index is 2.04. The second-order valence-electron chi connectivity index (χ2n) is 6.92. The first kappa shape index (κ1) is 13.8. The van der Waals surface area contributed by atoms with E-state index >= 15 is 0 Å². The zero-order chi connectivity index (χ0) is 16.3. The maximum atomic E-state index is 2.33. The lowest BCUT2D eigenvalue weighted by atomic mass is 9.51. The largest absolute Gasteiger partial charge is 0.0872 e. The van der Waals surface area contributed by atoms with E-state index in [1.165, 1.54) is 39.0 Å². The molecule has 0 unspecified atom stereocenters. The van der Waals surface area contributed by atoms with E-state index in [1.54, 1.807) is 0 Å². The number of allylic oxidation sites excluding steroid dienone is 2. The van der Waals surface area contributed by atoms with Crippen molar-refractivity contribution in [3.8, 4) is 0 Å². The Morgan fingerprint density at radius 2 is 1.08 bits per heavy atom. The lowest BCUT2D eigenvalue weighted by Gasteiger charge is -2.51. The molecule has 116 valence electrons. The van der Waals surface area contributed by atoms with Crippen molar-refractivity contribution in [2.75, 3.05) is 0 Å². The van der Waals surface area contributed by atoms with Crippen molar-refractivity contribution in [3.05, 3.63) is 118 Å². The van der Waals surface area contributed by atoms with Gasteiger partial charge in [-0.2, -0.15) is 0 Å². The van der Waals surface area contributed by atoms with Crippen LogP contribution < -0.4 is 0 Å². The van der Waals surface area contributed by atoms with Crippen LogP contribution in [0.3, 0.4) is 0 Å². The average molecular weight is 308 g/mol. The molecular weight excluding hydrogens is 288 g/mol. The Kier molecular flexibility index (Phi) is 2.71. The zero-order valence-electron chi connectivity index (χ0n) is 14.1. The highest BCUT2D eigenvalue weighted by Crippen LogP contribution is 2.61. The molecule has 3 aliphatic carbocycles. The molecule has 24 heavy (non-hydrogen) atoms. The summed E-state index contributed by atoms with van der Waals surface area (Å²) in [5.41, 5.74) is 10.1. The van der Waals surface area contributed by atoms with Crippen LogP contribution in [0.2, 0.25) is 0 Å². The Hall–Kier alpha value is -2.60. The van der Waals surface area contributed by atoms with Gasteiger partial charge in [0.25, 0.3) is 0 Å². The van der Waals surface area contributed by atoms with Crippen molar-refractivity contribution in [1.82, 2.24) is 0 Å². The number of benzene rings is 3. The first-order valence-electron chi connectivity index (χ1n) is 8.71. The molecule has 3 aromatic carbocycles. The van der Waals surface area contributed by atoms with Crippen molar-refractivity contribution in [2.45, 2.75) is 25.2 Å². The van der Waals surface area contributed by atoms with E-state index in [0.29, 0.717) is 5.92 Å². The van der Waals surface area contributed by atoms with Gasteiger partial charge in [-0.1, -0.05) is 84.4 Å². The second kappa shape index (κ2) is 4.70. The van der Waals surface area contributed by atoms with Gasteiger partial charge in [0.1, 0.15) is 0 Å². The Bertz CT molecular complexity index is 874. The fraction of sp³-hybridized carbons (Fsp3) is 0.167. The molecule has 0 radical (unpaired) electrons. The van der Waals surface area contributed by atoms with Crippen molar-refractivity contribution >= 4 is 0 Å². The van der Waals surface area contributed by atoms with Crippen molar-refractivity contribution in [3.63, 3.8) is 0 Å². The van der Waals surface area contributed by atoms with Crippen LogP contribution in [0.25, 0.3) is 0 Å². The van der Waals surface area contributed by atoms with Crippen LogP contribution in [0.1, 0.15) is 53.1 Å². The smallest absolute Gasteiger partial charge is 0.0667 e. The minimum atomic E-state index is -0.146. The Labute approximate surface area is 143 Å². The third-order valence-corrected chi connectivity index (χ3v) is 6.05. The fourth-order valence-electron chi connectivity index (χ4n) is 5.06. The minimum absolute atomic E-state index is 0.146. The van der Waals surface area contributed by atoms with E-state index in [0.717, 1.165) is 0 Å². The minimum Gasteiger partial charge on any atom is -0.0872 e. The molecule has 0 atom stereocenters. The summed E-state index contributed by atoms with van der Waals surface area (Å²) in [7, 11) is 0. The number of hydrogen-bond acceptors (Lipinski definition) is 0. The van der Waals surface area contributed by atoms with Crippen LogP contribution in [0.4, 0.5) is 0 Å². The second-order valence-corrected chi connectivity index (χ2v) is 6.92. The molecule has 0 amide bonds. The van der Waals surface area contributed by atoms with Gasteiger partial charge in [0.2, 0.25) is 0 Å². The summed E-state index contributed by atoms with van der Waals surface area (Å²) in [5, 5.41) is 0. The van der Waals surface area contributed by atoms with Crippen LogP contribution in [-0.4, -0.2) is 0 Å². The van der Waals surface area contributed by atoms with Gasteiger partial charge in [-0.25, -0.2) is 0 Å². The maximum Gasteiger partial charge on any atom is 0.0667 e. The summed E-state index contributed by atoms with van der Waals surface area (Å²) in [6.45, 7) is 4.45. The molecule has 6 rings (SSSR count). The van der Waals surface area contributed by atoms with E-state index in [4.69, 9.17) is 0 Å². The van der Waals surface area contributed by atoms with E-state index in [-0.39, 0.29) is 5.41 Å². The lowest BCUT2D eigenvalue weighted by Crippen LogP contribution is -2.43. The summed E-state index contributed by atoms with van der Waals surface area (Å²) in [6, 6.07) is 27.1. The molecular formula is C24H20. The Morgan fingerprint density at radius 3 is 1.46 bits per heavy atom. The summed E-state index contributed by atoms with van der Waals surface area (Å²) in [5.74, 6) is 0.361. The van der Waals surface area contributed by atoms with Gasteiger partial charge in [-0.15, -0.1) is 0 Å². The molecule has 0 spiro atoms. The predicted molar refractivity (Wildman–Crippen MR) is 99.6 cm³/mol. The molecule has 0 aliphatic heterocycles. The third-order valence-electron chi connectivity index (χ3n) is 6.05. The molecule has 2 bridgehead atoms. The molecule has 0 saturated heterocycles. The SMILES string of the molecule is C/C=C(/C)C12c3ccccc3C(c3ccccc31)c1ccccc12. The highest BCUT2D eigenvalue weighted by atomic mass is 14.5. The van der Waals surface area contributed by atoms with E-state index in [2.05, 4.69) is 92.7 Å². The van der Waals surface area contributed by atoms with Crippen LogP contribution >= 0.6 is 0 Å². The standard InChI is InChI=1S/C24H20/c1-3-16(2)24-20-13-7-4-10-17(20)23(18-11-5-8-14-21(18)24)19-12-6-9-15-22(19)24/h3-15,23H,1-2H3/b16-3-. The monoisotopic (exact) mass is 308 g/mol. The van der Waals surface area contributed by atoms with Gasteiger partial charge in [-0.05, 0) is 47.2 Å². The molecule has 3 aliphatic rings. The number of rotatable bonds is 1. The summed E-state index contributed by atoms with van der Waals surface area (Å²) in [6.07, 6.45) is 2.29. The first-order valence-corrected chi connectivity index (χ1v) is 8.71. The predicted octanol–water partition coefficient (Wildman–Crippen LogP) is 5.79. The van der Waals surface area contributed by atoms with Crippen LogP contribution in [0, 0.1) is 0 Å². The molecule has 0 nitrogen and oxygen atoms in total. The topological polar surface area (TPSA) is 0 Å². The molecule has 0 heteroatoms. The molecule has 0 heterocycles. The van der Waals surface area contributed by atoms with Gasteiger partial charge in [0.15, 0.2) is 0 Å². The summed E-state index contributed by atoms with van der Waals surface area (Å²) in [4.78, 5) is 0. The first-order chi connectivity index (χ1) is 11.8. The third kappa shape index (κ3) is 1.40. The zero-order valence-corrected chi connectivity index (χ0v) is 14.1. The molecule has 0 N–H and O–H groups in total. The van der Waals surface area contributed by atoms with E-state index in [1.807, 2.05) is 0 Å². The van der Waals surface area contributed by atoms with Gasteiger partial charge in [-0.3, -0.25) is 0 Å². The van der Waals surface area contributed by atoms with Crippen LogP contribution in [0.5, 0.6) is 0 Å². The van der Waals surface area contributed by atoms with Gasteiger partial charge in [0, 0.05) is 5.92 Å². The fourth-order valence-corrected chi connectivity index (χ4v) is 5.06. The quantitative estimate of drug-likeness (QED) is 0.499. The number of hydrogen-bond donors (Lipinski definition) is 0. The molecule has 0 fully saturated rings. The van der Waals surface area contributed by atoms with Crippen LogP contribution in [0.15, 0.2) is 84.4 Å². The average Bonchev–Trinajstić information content (AvgIpc) is 2.67. The van der Waals surface area contributed by atoms with Gasteiger partial charge >= 0.3 is 0 Å². The molecule has 3 aromatic rings. The van der Waals surface area contributed by atoms with Gasteiger partial charge < -0.3 is 0 Å².